The zero-order valence-electron chi connectivity index (χ0n) is 13.4. The number of piperidine rings is 1. The van der Waals surface area contributed by atoms with Crippen molar-refractivity contribution in [1.29, 1.82) is 0 Å². The number of aryl methyl sites for hydroxylation is 1. The highest BCUT2D eigenvalue weighted by Gasteiger charge is 2.22. The van der Waals surface area contributed by atoms with Crippen LogP contribution in [-0.2, 0) is 0 Å². The van der Waals surface area contributed by atoms with E-state index < -0.39 is 0 Å². The Bertz CT molecular complexity index is 687. The molecule has 1 aliphatic heterocycles. The van der Waals surface area contributed by atoms with Crippen molar-refractivity contribution in [2.24, 2.45) is 0 Å². The van der Waals surface area contributed by atoms with Crippen LogP contribution in [0.25, 0.3) is 0 Å². The molecule has 0 bridgehead atoms. The zero-order valence-corrected chi connectivity index (χ0v) is 14.2. The third-order valence-electron chi connectivity index (χ3n) is 4.08. The van der Waals surface area contributed by atoms with Gasteiger partial charge in [0.25, 0.3) is 0 Å². The van der Waals surface area contributed by atoms with Crippen LogP contribution in [0.2, 0.25) is 0 Å². The van der Waals surface area contributed by atoms with Crippen molar-refractivity contribution in [3.05, 3.63) is 29.8 Å². The SMILES string of the molecule is Cc1ccccc1NC(=O)Nc1nnc(N2CCCC[C@H]2C)s1. The van der Waals surface area contributed by atoms with Crippen LogP contribution >= 0.6 is 11.3 Å². The third-order valence-corrected chi connectivity index (χ3v) is 4.95. The van der Waals surface area contributed by atoms with Crippen molar-refractivity contribution in [2.75, 3.05) is 22.1 Å². The van der Waals surface area contributed by atoms with Gasteiger partial charge in [-0.3, -0.25) is 5.32 Å². The van der Waals surface area contributed by atoms with Crippen LogP contribution in [0.3, 0.4) is 0 Å². The maximum absolute atomic E-state index is 12.1. The Kier molecular flexibility index (Phi) is 4.76. The van der Waals surface area contributed by atoms with Gasteiger partial charge in [0.15, 0.2) is 0 Å². The van der Waals surface area contributed by atoms with Gasteiger partial charge in [-0.1, -0.05) is 29.5 Å². The van der Waals surface area contributed by atoms with E-state index in [1.807, 2.05) is 31.2 Å². The molecule has 0 saturated carbocycles. The summed E-state index contributed by atoms with van der Waals surface area (Å²) in [4.78, 5) is 14.4. The Balaban J connectivity index is 1.62. The van der Waals surface area contributed by atoms with E-state index in [-0.39, 0.29) is 6.03 Å². The highest BCUT2D eigenvalue weighted by molar-refractivity contribution is 7.19. The van der Waals surface area contributed by atoms with Gasteiger partial charge in [-0.05, 0) is 44.7 Å². The molecule has 23 heavy (non-hydrogen) atoms. The second-order valence-electron chi connectivity index (χ2n) is 5.82. The van der Waals surface area contributed by atoms with Crippen LogP contribution in [-0.4, -0.2) is 28.8 Å². The minimum atomic E-state index is -0.298. The van der Waals surface area contributed by atoms with E-state index in [9.17, 15) is 4.79 Å². The van der Waals surface area contributed by atoms with Crippen molar-refractivity contribution >= 4 is 33.3 Å². The number of carbonyl (C=O) groups excluding carboxylic acids is 1. The number of anilines is 3. The van der Waals surface area contributed by atoms with E-state index >= 15 is 0 Å². The Morgan fingerprint density at radius 1 is 1.26 bits per heavy atom. The van der Waals surface area contributed by atoms with Gasteiger partial charge >= 0.3 is 6.03 Å². The molecule has 1 aromatic heterocycles. The zero-order chi connectivity index (χ0) is 16.2. The summed E-state index contributed by atoms with van der Waals surface area (Å²) < 4.78 is 0. The predicted octanol–water partition coefficient (Wildman–Crippen LogP) is 3.87. The minimum absolute atomic E-state index is 0.298. The molecule has 0 spiro atoms. The first kappa shape index (κ1) is 15.7. The van der Waals surface area contributed by atoms with Gasteiger partial charge in [-0.25, -0.2) is 4.79 Å². The summed E-state index contributed by atoms with van der Waals surface area (Å²) in [6.45, 7) is 5.17. The molecule has 2 N–H and O–H groups in total. The summed E-state index contributed by atoms with van der Waals surface area (Å²) in [5, 5.41) is 15.3. The number of urea groups is 1. The van der Waals surface area contributed by atoms with Gasteiger partial charge in [0.1, 0.15) is 0 Å². The molecule has 2 amide bonds. The summed E-state index contributed by atoms with van der Waals surface area (Å²) in [5.41, 5.74) is 1.81. The topological polar surface area (TPSA) is 70.1 Å². The molecule has 1 fully saturated rings. The predicted molar refractivity (Wildman–Crippen MR) is 94.4 cm³/mol. The smallest absolute Gasteiger partial charge is 0.325 e. The summed E-state index contributed by atoms with van der Waals surface area (Å²) in [7, 11) is 0. The Hall–Kier alpha value is -2.15. The Labute approximate surface area is 139 Å². The first-order chi connectivity index (χ1) is 11.1. The number of hydrogen-bond donors (Lipinski definition) is 2. The van der Waals surface area contributed by atoms with E-state index in [1.54, 1.807) is 0 Å². The number of para-hydroxylation sites is 1. The monoisotopic (exact) mass is 331 g/mol. The summed E-state index contributed by atoms with van der Waals surface area (Å²) >= 11 is 1.42. The van der Waals surface area contributed by atoms with E-state index in [2.05, 4.69) is 32.7 Å². The quantitative estimate of drug-likeness (QED) is 0.896. The van der Waals surface area contributed by atoms with Crippen molar-refractivity contribution in [2.45, 2.75) is 39.2 Å². The van der Waals surface area contributed by atoms with E-state index in [1.165, 1.54) is 30.6 Å². The van der Waals surface area contributed by atoms with Gasteiger partial charge in [-0.15, -0.1) is 10.2 Å². The molecule has 2 heterocycles. The van der Waals surface area contributed by atoms with E-state index in [0.29, 0.717) is 11.2 Å². The van der Waals surface area contributed by atoms with Crippen LogP contribution in [0.15, 0.2) is 24.3 Å². The Morgan fingerprint density at radius 2 is 2.09 bits per heavy atom. The first-order valence-electron chi connectivity index (χ1n) is 7.87. The maximum atomic E-state index is 12.1. The van der Waals surface area contributed by atoms with Crippen LogP contribution in [0.5, 0.6) is 0 Å². The average molecular weight is 331 g/mol. The Morgan fingerprint density at radius 3 is 2.87 bits per heavy atom. The number of benzene rings is 1. The van der Waals surface area contributed by atoms with Crippen LogP contribution in [0.4, 0.5) is 20.7 Å². The lowest BCUT2D eigenvalue weighted by molar-refractivity contribution is 0.262. The standard InChI is InChI=1S/C16H21N5OS/c1-11-7-3-4-9-13(11)17-14(22)18-15-19-20-16(23-15)21-10-6-5-8-12(21)2/h3-4,7,9,12H,5-6,8,10H2,1-2H3,(H2,17,18,19,22)/t12-/m1/s1. The molecule has 122 valence electrons. The van der Waals surface area contributed by atoms with Gasteiger partial charge < -0.3 is 10.2 Å². The number of hydrogen-bond acceptors (Lipinski definition) is 5. The fourth-order valence-corrected chi connectivity index (χ4v) is 3.60. The number of rotatable bonds is 3. The lowest BCUT2D eigenvalue weighted by Gasteiger charge is -2.32. The van der Waals surface area contributed by atoms with Crippen LogP contribution in [0, 0.1) is 6.92 Å². The number of amides is 2. The maximum Gasteiger partial charge on any atom is 0.325 e. The minimum Gasteiger partial charge on any atom is -0.344 e. The molecule has 0 unspecified atom stereocenters. The molecule has 1 aromatic carbocycles. The second-order valence-corrected chi connectivity index (χ2v) is 6.78. The highest BCUT2D eigenvalue weighted by atomic mass is 32.1. The van der Waals surface area contributed by atoms with Crippen molar-refractivity contribution < 1.29 is 4.79 Å². The van der Waals surface area contributed by atoms with Crippen LogP contribution in [0.1, 0.15) is 31.7 Å². The fraction of sp³-hybridized carbons (Fsp3) is 0.438. The lowest BCUT2D eigenvalue weighted by atomic mass is 10.1. The lowest BCUT2D eigenvalue weighted by Crippen LogP contribution is -2.37. The largest absolute Gasteiger partial charge is 0.344 e. The molecular formula is C16H21N5OS. The molecule has 3 rings (SSSR count). The molecule has 0 aliphatic carbocycles. The average Bonchev–Trinajstić information content (AvgIpc) is 2.98. The summed E-state index contributed by atoms with van der Waals surface area (Å²) in [6, 6.07) is 7.84. The normalized spacial score (nSPS) is 17.8. The van der Waals surface area contributed by atoms with Crippen molar-refractivity contribution in [1.82, 2.24) is 10.2 Å². The van der Waals surface area contributed by atoms with Gasteiger partial charge in [0.2, 0.25) is 10.3 Å². The molecular weight excluding hydrogens is 310 g/mol. The summed E-state index contributed by atoms with van der Waals surface area (Å²) in [5.74, 6) is 0. The number of aromatic nitrogens is 2. The third kappa shape index (κ3) is 3.79. The van der Waals surface area contributed by atoms with Crippen molar-refractivity contribution in [3.8, 4) is 0 Å². The van der Waals surface area contributed by atoms with Gasteiger partial charge in [-0.2, -0.15) is 0 Å². The molecule has 1 aliphatic rings. The number of nitrogens with zero attached hydrogens (tertiary/aromatic N) is 3. The van der Waals surface area contributed by atoms with Gasteiger partial charge in [0.05, 0.1) is 0 Å². The molecule has 6 nitrogen and oxygen atoms in total. The van der Waals surface area contributed by atoms with E-state index in [0.717, 1.165) is 22.9 Å². The molecule has 7 heteroatoms. The first-order valence-corrected chi connectivity index (χ1v) is 8.69. The molecule has 1 atom stereocenters. The second kappa shape index (κ2) is 6.95. The van der Waals surface area contributed by atoms with Gasteiger partial charge in [0, 0.05) is 18.3 Å². The highest BCUT2D eigenvalue weighted by Crippen LogP contribution is 2.29. The molecule has 2 aromatic rings. The summed E-state index contributed by atoms with van der Waals surface area (Å²) in [6.07, 6.45) is 3.62. The molecule has 1 saturated heterocycles. The van der Waals surface area contributed by atoms with Crippen LogP contribution < -0.4 is 15.5 Å². The number of carbonyl (C=O) groups is 1. The number of nitrogens with one attached hydrogen (secondary N) is 2. The molecule has 0 radical (unpaired) electrons. The fourth-order valence-electron chi connectivity index (χ4n) is 2.73. The van der Waals surface area contributed by atoms with Crippen molar-refractivity contribution in [3.63, 3.8) is 0 Å². The van der Waals surface area contributed by atoms with E-state index in [4.69, 9.17) is 0 Å².